The minimum absolute atomic E-state index is 0. The van der Waals surface area contributed by atoms with Gasteiger partial charge in [0.15, 0.2) is 0 Å². The highest BCUT2D eigenvalue weighted by Gasteiger charge is 2.22. The quantitative estimate of drug-likeness (QED) is 0.551. The molecule has 1 fully saturated rings. The van der Waals surface area contributed by atoms with E-state index in [0.29, 0.717) is 17.5 Å². The zero-order valence-electron chi connectivity index (χ0n) is 18.3. The molecule has 0 aliphatic heterocycles. The number of nitriles is 1. The molecule has 1 aromatic heterocycles. The molecule has 0 atom stereocenters. The van der Waals surface area contributed by atoms with E-state index in [2.05, 4.69) is 22.8 Å². The third-order valence-corrected chi connectivity index (χ3v) is 6.03. The molecule has 168 valence electrons. The minimum Gasteiger partial charge on any atom is -0.362 e. The standard InChI is InChI=1S/C25H30N6.CH4/c1-31(2)24-22-5-3-4-6-23(22)29-25(30-24)28-21-13-11-20(12-14-21)17-27-16-19-9-7-18(15-26)8-10-19;/h3-10,20-21,27H,11-14,16-17H2,1-2H3,(H,28,29,30);1H4. The topological polar surface area (TPSA) is 76.9 Å². The number of hydrogen-bond acceptors (Lipinski definition) is 6. The number of aromatic nitrogens is 2. The van der Waals surface area contributed by atoms with Gasteiger partial charge in [0, 0.05) is 32.1 Å². The van der Waals surface area contributed by atoms with Gasteiger partial charge in [0.25, 0.3) is 0 Å². The SMILES string of the molecule is C.CN(C)c1nc(NC2CCC(CNCc3ccc(C#N)cc3)CC2)nc2ccccc12. The van der Waals surface area contributed by atoms with Gasteiger partial charge in [-0.15, -0.1) is 0 Å². The van der Waals surface area contributed by atoms with E-state index in [1.807, 2.05) is 61.5 Å². The van der Waals surface area contributed by atoms with Crippen molar-refractivity contribution < 1.29 is 0 Å². The molecule has 1 aliphatic carbocycles. The number of para-hydroxylation sites is 1. The number of benzene rings is 2. The minimum atomic E-state index is 0. The molecule has 0 amide bonds. The van der Waals surface area contributed by atoms with Crippen molar-refractivity contribution in [3.05, 3.63) is 59.7 Å². The summed E-state index contributed by atoms with van der Waals surface area (Å²) in [7, 11) is 4.04. The fourth-order valence-corrected chi connectivity index (χ4v) is 4.28. The van der Waals surface area contributed by atoms with Crippen LogP contribution in [0.15, 0.2) is 48.5 Å². The molecule has 4 rings (SSSR count). The van der Waals surface area contributed by atoms with Crippen LogP contribution in [0.5, 0.6) is 0 Å². The molecule has 1 saturated carbocycles. The van der Waals surface area contributed by atoms with Crippen LogP contribution in [0.25, 0.3) is 10.9 Å². The average Bonchev–Trinajstić information content (AvgIpc) is 2.80. The van der Waals surface area contributed by atoms with Gasteiger partial charge in [0.2, 0.25) is 5.95 Å². The molecule has 1 heterocycles. The lowest BCUT2D eigenvalue weighted by atomic mass is 9.86. The summed E-state index contributed by atoms with van der Waals surface area (Å²) in [5.41, 5.74) is 2.91. The van der Waals surface area contributed by atoms with E-state index >= 15 is 0 Å². The Morgan fingerprint density at radius 1 is 1.00 bits per heavy atom. The van der Waals surface area contributed by atoms with Crippen LogP contribution >= 0.6 is 0 Å². The molecule has 6 nitrogen and oxygen atoms in total. The predicted molar refractivity (Wildman–Crippen MR) is 133 cm³/mol. The Balaban J connectivity index is 0.00000289. The van der Waals surface area contributed by atoms with E-state index < -0.39 is 0 Å². The van der Waals surface area contributed by atoms with E-state index in [9.17, 15) is 0 Å². The van der Waals surface area contributed by atoms with Crippen molar-refractivity contribution in [3.8, 4) is 6.07 Å². The zero-order valence-corrected chi connectivity index (χ0v) is 18.3. The molecule has 6 heteroatoms. The average molecular weight is 431 g/mol. The molecule has 2 aromatic carbocycles. The summed E-state index contributed by atoms with van der Waals surface area (Å²) >= 11 is 0. The molecule has 0 radical (unpaired) electrons. The molecule has 1 aliphatic rings. The van der Waals surface area contributed by atoms with Crippen molar-refractivity contribution in [2.24, 2.45) is 5.92 Å². The highest BCUT2D eigenvalue weighted by molar-refractivity contribution is 5.90. The summed E-state index contributed by atoms with van der Waals surface area (Å²) in [5, 5.41) is 17.1. The second kappa shape index (κ2) is 10.9. The van der Waals surface area contributed by atoms with Crippen LogP contribution < -0.4 is 15.5 Å². The monoisotopic (exact) mass is 430 g/mol. The lowest BCUT2D eigenvalue weighted by Crippen LogP contribution is -2.31. The lowest BCUT2D eigenvalue weighted by Gasteiger charge is -2.29. The van der Waals surface area contributed by atoms with Crippen LogP contribution in [0.3, 0.4) is 0 Å². The van der Waals surface area contributed by atoms with Gasteiger partial charge in [-0.3, -0.25) is 0 Å². The number of nitrogens with one attached hydrogen (secondary N) is 2. The second-order valence-corrected chi connectivity index (χ2v) is 8.58. The first-order valence-corrected chi connectivity index (χ1v) is 11.0. The number of fused-ring (bicyclic) bond motifs is 1. The van der Waals surface area contributed by atoms with Crippen molar-refractivity contribution in [1.82, 2.24) is 15.3 Å². The molecule has 0 bridgehead atoms. The molecule has 0 spiro atoms. The Morgan fingerprint density at radius 3 is 2.41 bits per heavy atom. The first-order chi connectivity index (χ1) is 15.1. The number of hydrogen-bond donors (Lipinski definition) is 2. The maximum Gasteiger partial charge on any atom is 0.225 e. The first kappa shape index (κ1) is 23.5. The van der Waals surface area contributed by atoms with Crippen LogP contribution in [0.2, 0.25) is 0 Å². The van der Waals surface area contributed by atoms with Crippen LogP contribution in [0, 0.1) is 17.2 Å². The third kappa shape index (κ3) is 5.74. The maximum atomic E-state index is 8.89. The molecular weight excluding hydrogens is 396 g/mol. The summed E-state index contributed by atoms with van der Waals surface area (Å²) in [5.74, 6) is 2.38. The summed E-state index contributed by atoms with van der Waals surface area (Å²) in [6.07, 6.45) is 4.67. The van der Waals surface area contributed by atoms with Gasteiger partial charge >= 0.3 is 0 Å². The smallest absolute Gasteiger partial charge is 0.225 e. The maximum absolute atomic E-state index is 8.89. The largest absolute Gasteiger partial charge is 0.362 e. The predicted octanol–water partition coefficient (Wildman–Crippen LogP) is 4.96. The van der Waals surface area contributed by atoms with Crippen molar-refractivity contribution in [2.75, 3.05) is 30.9 Å². The molecule has 0 unspecified atom stereocenters. The Labute approximate surface area is 191 Å². The molecular formula is C26H34N6. The molecule has 2 N–H and O–H groups in total. The molecule has 32 heavy (non-hydrogen) atoms. The molecule has 0 saturated heterocycles. The van der Waals surface area contributed by atoms with Gasteiger partial charge in [-0.25, -0.2) is 4.98 Å². The fraction of sp³-hybridized carbons (Fsp3) is 0.423. The highest BCUT2D eigenvalue weighted by Crippen LogP contribution is 2.28. The Hall–Kier alpha value is -3.17. The van der Waals surface area contributed by atoms with Crippen molar-refractivity contribution in [3.63, 3.8) is 0 Å². The van der Waals surface area contributed by atoms with Crippen molar-refractivity contribution in [1.29, 1.82) is 5.26 Å². The van der Waals surface area contributed by atoms with Gasteiger partial charge in [-0.1, -0.05) is 31.7 Å². The number of anilines is 2. The van der Waals surface area contributed by atoms with Gasteiger partial charge in [-0.05, 0) is 68.0 Å². The van der Waals surface area contributed by atoms with E-state index in [1.165, 1.54) is 18.4 Å². The normalized spacial score (nSPS) is 17.9. The van der Waals surface area contributed by atoms with E-state index in [4.69, 9.17) is 15.2 Å². The van der Waals surface area contributed by atoms with Crippen molar-refractivity contribution >= 4 is 22.7 Å². The summed E-state index contributed by atoms with van der Waals surface area (Å²) in [4.78, 5) is 11.6. The van der Waals surface area contributed by atoms with Gasteiger partial charge < -0.3 is 15.5 Å². The fourth-order valence-electron chi connectivity index (χ4n) is 4.28. The van der Waals surface area contributed by atoms with Crippen molar-refractivity contribution in [2.45, 2.75) is 45.7 Å². The lowest BCUT2D eigenvalue weighted by molar-refractivity contribution is 0.324. The number of nitrogens with zero attached hydrogens (tertiary/aromatic N) is 4. The summed E-state index contributed by atoms with van der Waals surface area (Å²) < 4.78 is 0. The first-order valence-electron chi connectivity index (χ1n) is 11.0. The summed E-state index contributed by atoms with van der Waals surface area (Å²) in [6, 6.07) is 18.6. The Bertz CT molecular complexity index is 1050. The Morgan fingerprint density at radius 2 is 1.72 bits per heavy atom. The zero-order chi connectivity index (χ0) is 21.6. The van der Waals surface area contributed by atoms with Crippen LogP contribution in [0.4, 0.5) is 11.8 Å². The van der Waals surface area contributed by atoms with Gasteiger partial charge in [0.1, 0.15) is 5.82 Å². The number of rotatable bonds is 7. The van der Waals surface area contributed by atoms with E-state index in [0.717, 1.165) is 48.6 Å². The van der Waals surface area contributed by atoms with E-state index in [-0.39, 0.29) is 7.43 Å². The van der Waals surface area contributed by atoms with Gasteiger partial charge in [-0.2, -0.15) is 10.2 Å². The second-order valence-electron chi connectivity index (χ2n) is 8.58. The molecule has 3 aromatic rings. The van der Waals surface area contributed by atoms with Crippen LogP contribution in [-0.4, -0.2) is 36.6 Å². The van der Waals surface area contributed by atoms with Gasteiger partial charge in [0.05, 0.1) is 17.1 Å². The van der Waals surface area contributed by atoms with E-state index in [1.54, 1.807) is 0 Å². The van der Waals surface area contributed by atoms with Crippen LogP contribution in [-0.2, 0) is 6.54 Å². The Kier molecular flexibility index (Phi) is 8.02. The summed E-state index contributed by atoms with van der Waals surface area (Å²) in [6.45, 7) is 1.88. The third-order valence-electron chi connectivity index (χ3n) is 6.03. The van der Waals surface area contributed by atoms with Crippen LogP contribution in [0.1, 0.15) is 44.2 Å². The highest BCUT2D eigenvalue weighted by atomic mass is 15.2.